The highest BCUT2D eigenvalue weighted by atomic mass is 79.9. The minimum Gasteiger partial charge on any atom is -0.397 e. The summed E-state index contributed by atoms with van der Waals surface area (Å²) in [6, 6.07) is 10.5. The average Bonchev–Trinajstić information content (AvgIpc) is 2.23. The van der Waals surface area contributed by atoms with Gasteiger partial charge in [0.2, 0.25) is 0 Å². The highest BCUT2D eigenvalue weighted by molar-refractivity contribution is 9.10. The van der Waals surface area contributed by atoms with Crippen molar-refractivity contribution in [2.24, 2.45) is 0 Å². The second kappa shape index (κ2) is 4.53. The maximum Gasteiger partial charge on any atom is 0.0538 e. The molecule has 0 aliphatic carbocycles. The predicted molar refractivity (Wildman–Crippen MR) is 78.2 cm³/mol. The molecule has 2 heteroatoms. The molecule has 2 aromatic rings. The molecule has 0 unspecified atom stereocenters. The molecule has 0 radical (unpaired) electrons. The molecule has 0 bridgehead atoms. The average molecular weight is 290 g/mol. The van der Waals surface area contributed by atoms with E-state index in [-0.39, 0.29) is 0 Å². The van der Waals surface area contributed by atoms with E-state index in [1.807, 2.05) is 12.1 Å². The fourth-order valence-electron chi connectivity index (χ4n) is 2.36. The van der Waals surface area contributed by atoms with E-state index in [4.69, 9.17) is 5.73 Å². The maximum absolute atomic E-state index is 6.14. The molecule has 0 saturated heterocycles. The van der Waals surface area contributed by atoms with Crippen molar-refractivity contribution in [2.75, 3.05) is 5.73 Å². The summed E-state index contributed by atoms with van der Waals surface area (Å²) in [6.07, 6.45) is 0. The Labute approximate surface area is 111 Å². The Kier molecular flexibility index (Phi) is 3.25. The van der Waals surface area contributed by atoms with Crippen molar-refractivity contribution in [3.8, 4) is 11.1 Å². The molecule has 0 aliphatic heterocycles. The molecule has 0 spiro atoms. The van der Waals surface area contributed by atoms with E-state index in [2.05, 4.69) is 54.9 Å². The largest absolute Gasteiger partial charge is 0.397 e. The van der Waals surface area contributed by atoms with Gasteiger partial charge in [0.1, 0.15) is 0 Å². The summed E-state index contributed by atoms with van der Waals surface area (Å²) in [5.41, 5.74) is 13.1. The first-order chi connectivity index (χ1) is 8.00. The van der Waals surface area contributed by atoms with Crippen molar-refractivity contribution in [2.45, 2.75) is 20.8 Å². The molecule has 2 N–H and O–H groups in total. The monoisotopic (exact) mass is 289 g/mol. The summed E-state index contributed by atoms with van der Waals surface area (Å²) < 4.78 is 0.953. The van der Waals surface area contributed by atoms with E-state index < -0.39 is 0 Å². The molecule has 1 nitrogen and oxygen atoms in total. The Balaban J connectivity index is 2.73. The summed E-state index contributed by atoms with van der Waals surface area (Å²) in [6.45, 7) is 6.39. The summed E-state index contributed by atoms with van der Waals surface area (Å²) in [5.74, 6) is 0. The lowest BCUT2D eigenvalue weighted by Crippen LogP contribution is -1.96. The first-order valence-electron chi connectivity index (χ1n) is 5.63. The molecule has 88 valence electrons. The summed E-state index contributed by atoms with van der Waals surface area (Å²) in [4.78, 5) is 0. The van der Waals surface area contributed by atoms with Crippen LogP contribution < -0.4 is 5.73 Å². The zero-order valence-corrected chi connectivity index (χ0v) is 11.9. The summed E-state index contributed by atoms with van der Waals surface area (Å²) in [7, 11) is 0. The van der Waals surface area contributed by atoms with Gasteiger partial charge in [0.05, 0.1) is 5.69 Å². The van der Waals surface area contributed by atoms with Crippen LogP contribution in [0.25, 0.3) is 11.1 Å². The molecule has 0 aromatic heterocycles. The van der Waals surface area contributed by atoms with Crippen molar-refractivity contribution < 1.29 is 0 Å². The molecular weight excluding hydrogens is 274 g/mol. The lowest BCUT2D eigenvalue weighted by Gasteiger charge is -2.14. The van der Waals surface area contributed by atoms with Crippen molar-refractivity contribution in [1.82, 2.24) is 0 Å². The van der Waals surface area contributed by atoms with Crippen LogP contribution in [-0.2, 0) is 0 Å². The highest BCUT2D eigenvalue weighted by Crippen LogP contribution is 2.35. The third-order valence-electron chi connectivity index (χ3n) is 3.00. The number of hydrogen-bond donors (Lipinski definition) is 1. The summed E-state index contributed by atoms with van der Waals surface area (Å²) in [5, 5.41) is 0. The molecule has 0 aliphatic rings. The number of rotatable bonds is 1. The molecular formula is C15H16BrN. The van der Waals surface area contributed by atoms with E-state index in [0.29, 0.717) is 0 Å². The van der Waals surface area contributed by atoms with Gasteiger partial charge < -0.3 is 5.73 Å². The third-order valence-corrected chi connectivity index (χ3v) is 3.69. The van der Waals surface area contributed by atoms with Gasteiger partial charge in [-0.1, -0.05) is 29.8 Å². The molecule has 0 atom stereocenters. The number of aryl methyl sites for hydroxylation is 3. The van der Waals surface area contributed by atoms with Crippen molar-refractivity contribution in [3.05, 3.63) is 51.5 Å². The Hall–Kier alpha value is -1.28. The topological polar surface area (TPSA) is 26.0 Å². The van der Waals surface area contributed by atoms with E-state index in [1.165, 1.54) is 22.3 Å². The standard InChI is InChI=1S/C15H16BrN/c1-9-7-10(2)14(11(3)8-9)12-5-4-6-13(16)15(12)17/h4-8H,17H2,1-3H3. The third kappa shape index (κ3) is 2.22. The molecule has 0 amide bonds. The number of para-hydroxylation sites is 1. The SMILES string of the molecule is Cc1cc(C)c(-c2cccc(Br)c2N)c(C)c1. The quantitative estimate of drug-likeness (QED) is 0.762. The number of nitrogen functional groups attached to an aromatic ring is 1. The van der Waals surface area contributed by atoms with E-state index in [0.717, 1.165) is 15.7 Å². The minimum atomic E-state index is 0.808. The van der Waals surface area contributed by atoms with Gasteiger partial charge in [0, 0.05) is 10.0 Å². The van der Waals surface area contributed by atoms with Gasteiger partial charge in [-0.3, -0.25) is 0 Å². The minimum absolute atomic E-state index is 0.808. The van der Waals surface area contributed by atoms with Crippen molar-refractivity contribution in [3.63, 3.8) is 0 Å². The Morgan fingerprint density at radius 3 is 2.18 bits per heavy atom. The first kappa shape index (κ1) is 12.2. The molecule has 0 fully saturated rings. The normalized spacial score (nSPS) is 10.6. The van der Waals surface area contributed by atoms with Crippen molar-refractivity contribution >= 4 is 21.6 Å². The fraction of sp³-hybridized carbons (Fsp3) is 0.200. The number of anilines is 1. The summed E-state index contributed by atoms with van der Waals surface area (Å²) >= 11 is 3.48. The first-order valence-corrected chi connectivity index (χ1v) is 6.42. The van der Waals surface area contributed by atoms with Gasteiger partial charge >= 0.3 is 0 Å². The Morgan fingerprint density at radius 1 is 1.00 bits per heavy atom. The maximum atomic E-state index is 6.14. The van der Waals surface area contributed by atoms with Gasteiger partial charge in [-0.2, -0.15) is 0 Å². The lowest BCUT2D eigenvalue weighted by atomic mass is 9.93. The molecule has 0 heterocycles. The smallest absolute Gasteiger partial charge is 0.0538 e. The Morgan fingerprint density at radius 2 is 1.59 bits per heavy atom. The van der Waals surface area contributed by atoms with Crippen LogP contribution >= 0.6 is 15.9 Å². The van der Waals surface area contributed by atoms with Crippen LogP contribution in [0.15, 0.2) is 34.8 Å². The number of hydrogen-bond acceptors (Lipinski definition) is 1. The van der Waals surface area contributed by atoms with E-state index >= 15 is 0 Å². The molecule has 0 saturated carbocycles. The zero-order chi connectivity index (χ0) is 12.6. The van der Waals surface area contributed by atoms with E-state index in [9.17, 15) is 0 Å². The highest BCUT2D eigenvalue weighted by Gasteiger charge is 2.10. The number of benzene rings is 2. The van der Waals surface area contributed by atoms with Crippen LogP contribution in [0.4, 0.5) is 5.69 Å². The van der Waals surface area contributed by atoms with Gasteiger partial charge in [0.25, 0.3) is 0 Å². The van der Waals surface area contributed by atoms with Gasteiger partial charge in [-0.05, 0) is 59.5 Å². The molecule has 17 heavy (non-hydrogen) atoms. The van der Waals surface area contributed by atoms with Crippen LogP contribution in [0.5, 0.6) is 0 Å². The van der Waals surface area contributed by atoms with Gasteiger partial charge in [-0.25, -0.2) is 0 Å². The fourth-order valence-corrected chi connectivity index (χ4v) is 2.73. The molecule has 2 rings (SSSR count). The van der Waals surface area contributed by atoms with Crippen LogP contribution in [0.3, 0.4) is 0 Å². The molecule has 2 aromatic carbocycles. The van der Waals surface area contributed by atoms with Crippen LogP contribution in [0.2, 0.25) is 0 Å². The number of nitrogens with two attached hydrogens (primary N) is 1. The van der Waals surface area contributed by atoms with Gasteiger partial charge in [0.15, 0.2) is 0 Å². The second-order valence-electron chi connectivity index (χ2n) is 4.47. The van der Waals surface area contributed by atoms with E-state index in [1.54, 1.807) is 0 Å². The van der Waals surface area contributed by atoms with Crippen LogP contribution in [0.1, 0.15) is 16.7 Å². The van der Waals surface area contributed by atoms with Crippen LogP contribution in [-0.4, -0.2) is 0 Å². The van der Waals surface area contributed by atoms with Crippen LogP contribution in [0, 0.1) is 20.8 Å². The number of halogens is 1. The second-order valence-corrected chi connectivity index (χ2v) is 5.33. The predicted octanol–water partition coefficient (Wildman–Crippen LogP) is 4.62. The zero-order valence-electron chi connectivity index (χ0n) is 10.3. The van der Waals surface area contributed by atoms with Crippen molar-refractivity contribution in [1.29, 1.82) is 0 Å². The lowest BCUT2D eigenvalue weighted by molar-refractivity contribution is 1.32. The van der Waals surface area contributed by atoms with Gasteiger partial charge in [-0.15, -0.1) is 0 Å². The Bertz CT molecular complexity index is 550.